The molecule has 3 nitrogen and oxygen atoms in total. The second kappa shape index (κ2) is 2.40. The number of piperidine rings is 1. The maximum absolute atomic E-state index is 11.5. The molecule has 0 radical (unpaired) electrons. The van der Waals surface area contributed by atoms with Crippen molar-refractivity contribution >= 4 is 6.09 Å². The van der Waals surface area contributed by atoms with Crippen LogP contribution in [0.1, 0.15) is 40.0 Å². The van der Waals surface area contributed by atoms with Crippen LogP contribution in [0.2, 0.25) is 0 Å². The van der Waals surface area contributed by atoms with Crippen LogP contribution in [0, 0.1) is 0 Å². The molecule has 2 rings (SSSR count). The average molecular weight is 183 g/mol. The molecule has 1 unspecified atom stereocenters. The van der Waals surface area contributed by atoms with E-state index >= 15 is 0 Å². The molecule has 0 spiro atoms. The highest BCUT2D eigenvalue weighted by Gasteiger charge is 2.57. The first-order valence-corrected chi connectivity index (χ1v) is 4.98. The van der Waals surface area contributed by atoms with Crippen molar-refractivity contribution in [2.75, 3.05) is 6.54 Å². The van der Waals surface area contributed by atoms with E-state index in [1.165, 1.54) is 6.42 Å². The Morgan fingerprint density at radius 1 is 1.31 bits per heavy atom. The molecule has 2 aliphatic rings. The topological polar surface area (TPSA) is 29.5 Å². The molecule has 3 heteroatoms. The van der Waals surface area contributed by atoms with E-state index in [2.05, 4.69) is 6.92 Å². The van der Waals surface area contributed by atoms with Crippen molar-refractivity contribution in [3.05, 3.63) is 0 Å². The number of cyclic esters (lactones) is 1. The van der Waals surface area contributed by atoms with Gasteiger partial charge in [-0.1, -0.05) is 0 Å². The Hall–Kier alpha value is -0.730. The van der Waals surface area contributed by atoms with Crippen molar-refractivity contribution in [2.24, 2.45) is 0 Å². The van der Waals surface area contributed by atoms with Crippen LogP contribution in [0.4, 0.5) is 4.79 Å². The Balaban J connectivity index is 2.36. The molecule has 74 valence electrons. The lowest BCUT2D eigenvalue weighted by atomic mass is 9.77. The van der Waals surface area contributed by atoms with E-state index in [0.29, 0.717) is 0 Å². The first-order valence-electron chi connectivity index (χ1n) is 4.98. The number of carbonyl (C=O) groups excluding carboxylic acids is 1. The third-order valence-electron chi connectivity index (χ3n) is 3.75. The monoisotopic (exact) mass is 183 g/mol. The van der Waals surface area contributed by atoms with Crippen molar-refractivity contribution in [3.63, 3.8) is 0 Å². The summed E-state index contributed by atoms with van der Waals surface area (Å²) < 4.78 is 5.39. The van der Waals surface area contributed by atoms with Crippen LogP contribution in [-0.2, 0) is 4.74 Å². The number of amides is 1. The molecule has 1 atom stereocenters. The van der Waals surface area contributed by atoms with Crippen molar-refractivity contribution in [1.29, 1.82) is 0 Å². The average Bonchev–Trinajstić information content (AvgIpc) is 2.20. The third kappa shape index (κ3) is 0.990. The number of nitrogens with zero attached hydrogens (tertiary/aromatic N) is 1. The van der Waals surface area contributed by atoms with Gasteiger partial charge in [0.25, 0.3) is 0 Å². The first kappa shape index (κ1) is 8.85. The highest BCUT2D eigenvalue weighted by Crippen LogP contribution is 2.44. The van der Waals surface area contributed by atoms with Gasteiger partial charge in [-0.3, -0.25) is 4.90 Å². The van der Waals surface area contributed by atoms with Gasteiger partial charge in [-0.2, -0.15) is 0 Å². The van der Waals surface area contributed by atoms with Gasteiger partial charge in [-0.15, -0.1) is 0 Å². The number of carbonyl (C=O) groups is 1. The molecule has 0 N–H and O–H groups in total. The lowest BCUT2D eigenvalue weighted by Crippen LogP contribution is -2.55. The third-order valence-corrected chi connectivity index (χ3v) is 3.75. The molecular weight excluding hydrogens is 166 g/mol. The van der Waals surface area contributed by atoms with E-state index in [1.54, 1.807) is 0 Å². The normalized spacial score (nSPS) is 37.2. The van der Waals surface area contributed by atoms with Crippen LogP contribution in [0.15, 0.2) is 0 Å². The molecule has 0 saturated carbocycles. The molecule has 1 amide bonds. The van der Waals surface area contributed by atoms with Gasteiger partial charge in [0.15, 0.2) is 0 Å². The summed E-state index contributed by atoms with van der Waals surface area (Å²) >= 11 is 0. The SMILES string of the molecule is CC1(C)OC(=O)N2CCCCC21C. The Morgan fingerprint density at radius 2 is 2.00 bits per heavy atom. The van der Waals surface area contributed by atoms with E-state index < -0.39 is 0 Å². The van der Waals surface area contributed by atoms with E-state index in [0.717, 1.165) is 19.4 Å². The number of rotatable bonds is 0. The molecule has 2 fully saturated rings. The van der Waals surface area contributed by atoms with E-state index in [-0.39, 0.29) is 17.2 Å². The lowest BCUT2D eigenvalue weighted by Gasteiger charge is -2.43. The van der Waals surface area contributed by atoms with Gasteiger partial charge < -0.3 is 4.74 Å². The summed E-state index contributed by atoms with van der Waals surface area (Å²) in [6, 6.07) is 0. The van der Waals surface area contributed by atoms with Gasteiger partial charge in [-0.25, -0.2) is 4.79 Å². The van der Waals surface area contributed by atoms with Gasteiger partial charge >= 0.3 is 6.09 Å². The summed E-state index contributed by atoms with van der Waals surface area (Å²) in [6.45, 7) is 7.02. The Kier molecular flexibility index (Phi) is 1.63. The molecule has 0 bridgehead atoms. The zero-order valence-corrected chi connectivity index (χ0v) is 8.59. The zero-order valence-electron chi connectivity index (χ0n) is 8.59. The highest BCUT2D eigenvalue weighted by molar-refractivity contribution is 5.72. The summed E-state index contributed by atoms with van der Waals surface area (Å²) in [4.78, 5) is 13.4. The fraction of sp³-hybridized carbons (Fsp3) is 0.900. The Bertz CT molecular complexity index is 249. The highest BCUT2D eigenvalue weighted by atomic mass is 16.6. The zero-order chi connectivity index (χ0) is 9.69. The second-order valence-electron chi connectivity index (χ2n) is 4.76. The molecule has 2 saturated heterocycles. The van der Waals surface area contributed by atoms with E-state index in [4.69, 9.17) is 4.74 Å². The van der Waals surface area contributed by atoms with Gasteiger partial charge in [-0.05, 0) is 40.0 Å². The minimum atomic E-state index is -0.329. The van der Waals surface area contributed by atoms with Crippen molar-refractivity contribution in [1.82, 2.24) is 4.90 Å². The van der Waals surface area contributed by atoms with Crippen molar-refractivity contribution in [2.45, 2.75) is 51.2 Å². The summed E-state index contributed by atoms with van der Waals surface area (Å²) in [5, 5.41) is 0. The van der Waals surface area contributed by atoms with Crippen LogP contribution in [-0.4, -0.2) is 28.7 Å². The van der Waals surface area contributed by atoms with Crippen LogP contribution < -0.4 is 0 Å². The molecule has 13 heavy (non-hydrogen) atoms. The fourth-order valence-corrected chi connectivity index (χ4v) is 2.42. The number of hydrogen-bond donors (Lipinski definition) is 0. The minimum Gasteiger partial charge on any atom is -0.441 e. The first-order chi connectivity index (χ1) is 5.97. The van der Waals surface area contributed by atoms with Crippen LogP contribution in [0.25, 0.3) is 0 Å². The molecule has 0 aromatic carbocycles. The number of fused-ring (bicyclic) bond motifs is 1. The van der Waals surface area contributed by atoms with E-state index in [1.807, 2.05) is 18.7 Å². The summed E-state index contributed by atoms with van der Waals surface area (Å²) in [6.07, 6.45) is 3.24. The van der Waals surface area contributed by atoms with Crippen molar-refractivity contribution in [3.8, 4) is 0 Å². The number of ether oxygens (including phenoxy) is 1. The summed E-state index contributed by atoms with van der Waals surface area (Å²) in [5.74, 6) is 0. The smallest absolute Gasteiger partial charge is 0.410 e. The maximum Gasteiger partial charge on any atom is 0.410 e. The van der Waals surface area contributed by atoms with Crippen LogP contribution in [0.3, 0.4) is 0 Å². The standard InChI is InChI=1S/C10H17NO2/c1-9(2)10(3)6-4-5-7-11(10)8(12)13-9/h4-7H2,1-3H3. The van der Waals surface area contributed by atoms with Gasteiger partial charge in [0.1, 0.15) is 5.60 Å². The van der Waals surface area contributed by atoms with Gasteiger partial charge in [0.05, 0.1) is 5.54 Å². The molecular formula is C10H17NO2. The van der Waals surface area contributed by atoms with E-state index in [9.17, 15) is 4.79 Å². The summed E-state index contributed by atoms with van der Waals surface area (Å²) in [7, 11) is 0. The van der Waals surface area contributed by atoms with Crippen LogP contribution in [0.5, 0.6) is 0 Å². The quantitative estimate of drug-likeness (QED) is 0.576. The summed E-state index contributed by atoms with van der Waals surface area (Å²) in [5.41, 5.74) is -0.410. The van der Waals surface area contributed by atoms with Crippen LogP contribution >= 0.6 is 0 Å². The van der Waals surface area contributed by atoms with Crippen molar-refractivity contribution < 1.29 is 9.53 Å². The number of hydrogen-bond acceptors (Lipinski definition) is 2. The van der Waals surface area contributed by atoms with Gasteiger partial charge in [0.2, 0.25) is 0 Å². The molecule has 0 aliphatic carbocycles. The maximum atomic E-state index is 11.5. The second-order valence-corrected chi connectivity index (χ2v) is 4.76. The molecule has 0 aromatic heterocycles. The largest absolute Gasteiger partial charge is 0.441 e. The predicted octanol–water partition coefficient (Wildman–Crippen LogP) is 2.16. The Morgan fingerprint density at radius 3 is 2.62 bits per heavy atom. The molecule has 2 heterocycles. The lowest BCUT2D eigenvalue weighted by molar-refractivity contribution is 0.00989. The molecule has 0 aromatic rings. The molecule has 2 aliphatic heterocycles. The predicted molar refractivity (Wildman–Crippen MR) is 49.5 cm³/mol. The Labute approximate surface area is 79.0 Å². The minimum absolute atomic E-state index is 0.0810. The van der Waals surface area contributed by atoms with Gasteiger partial charge in [0, 0.05) is 6.54 Å². The fourth-order valence-electron chi connectivity index (χ4n) is 2.42.